The van der Waals surface area contributed by atoms with E-state index in [1.165, 1.54) is 7.05 Å². The van der Waals surface area contributed by atoms with Crippen LogP contribution in [0.2, 0.25) is 0 Å². The van der Waals surface area contributed by atoms with Crippen LogP contribution in [0.15, 0.2) is 84.9 Å². The van der Waals surface area contributed by atoms with Crippen LogP contribution in [0.4, 0.5) is 11.4 Å². The number of para-hydroxylation sites is 2. The van der Waals surface area contributed by atoms with Gasteiger partial charge in [0.2, 0.25) is 0 Å². The third-order valence-corrected chi connectivity index (χ3v) is 3.49. The Morgan fingerprint density at radius 2 is 1.19 bits per heavy atom. The molecule has 2 amide bonds. The molecule has 4 N–H and O–H groups in total. The molecule has 3 rings (SSSR count). The molecule has 3 aromatic carbocycles. The van der Waals surface area contributed by atoms with Crippen LogP contribution in [0.25, 0.3) is 0 Å². The maximum atomic E-state index is 12.5. The van der Waals surface area contributed by atoms with E-state index in [1.54, 1.807) is 48.5 Å². The van der Waals surface area contributed by atoms with E-state index in [0.717, 1.165) is 0 Å². The zero-order chi connectivity index (χ0) is 18.8. The lowest BCUT2D eigenvalue weighted by Gasteiger charge is -2.11. The number of carbonyl (C=O) groups excluding carboxylic acids is 2. The highest BCUT2D eigenvalue weighted by Gasteiger charge is 2.14. The van der Waals surface area contributed by atoms with Crippen molar-refractivity contribution in [2.75, 3.05) is 17.7 Å². The van der Waals surface area contributed by atoms with E-state index in [0.29, 0.717) is 22.5 Å². The fourth-order valence-electron chi connectivity index (χ4n) is 2.29. The summed E-state index contributed by atoms with van der Waals surface area (Å²) in [4.78, 5) is 24.8. The van der Waals surface area contributed by atoms with Gasteiger partial charge in [0.25, 0.3) is 11.8 Å². The first kappa shape index (κ1) is 18.9. The lowest BCUT2D eigenvalue weighted by molar-refractivity contribution is 0.102. The molecule has 0 spiro atoms. The van der Waals surface area contributed by atoms with Gasteiger partial charge in [-0.1, -0.05) is 48.5 Å². The van der Waals surface area contributed by atoms with Crippen LogP contribution in [-0.4, -0.2) is 18.9 Å². The van der Waals surface area contributed by atoms with Crippen molar-refractivity contribution in [1.82, 2.24) is 0 Å². The molecule has 0 fully saturated rings. The van der Waals surface area contributed by atoms with Crippen molar-refractivity contribution in [3.05, 3.63) is 96.1 Å². The van der Waals surface area contributed by atoms with Crippen LogP contribution in [0.1, 0.15) is 20.7 Å². The molecule has 0 heterocycles. The van der Waals surface area contributed by atoms with Crippen molar-refractivity contribution < 1.29 is 9.59 Å². The van der Waals surface area contributed by atoms with Gasteiger partial charge in [0.05, 0.1) is 11.3 Å². The number of nitrogens with two attached hydrogens (primary N) is 1. The number of rotatable bonds is 4. The van der Waals surface area contributed by atoms with E-state index in [1.807, 2.05) is 36.4 Å². The molecular weight excluding hydrogens is 326 g/mol. The minimum absolute atomic E-state index is 0.254. The van der Waals surface area contributed by atoms with Crippen molar-refractivity contribution in [2.45, 2.75) is 0 Å². The molecule has 0 atom stereocenters. The maximum absolute atomic E-state index is 12.5. The smallest absolute Gasteiger partial charge is 0.257 e. The number of carbonyl (C=O) groups is 2. The quantitative estimate of drug-likeness (QED) is 0.672. The Kier molecular flexibility index (Phi) is 7.09. The number of nitrogens with one attached hydrogen (secondary N) is 2. The molecular formula is C21H21N3O2. The molecule has 5 nitrogen and oxygen atoms in total. The van der Waals surface area contributed by atoms with Crippen molar-refractivity contribution in [1.29, 1.82) is 0 Å². The van der Waals surface area contributed by atoms with Crippen molar-refractivity contribution in [2.24, 2.45) is 5.73 Å². The topological polar surface area (TPSA) is 84.2 Å². The van der Waals surface area contributed by atoms with E-state index in [4.69, 9.17) is 0 Å². The van der Waals surface area contributed by atoms with Gasteiger partial charge in [0.15, 0.2) is 0 Å². The summed E-state index contributed by atoms with van der Waals surface area (Å²) < 4.78 is 0. The lowest BCUT2D eigenvalue weighted by Crippen LogP contribution is -2.18. The van der Waals surface area contributed by atoms with Crippen LogP contribution in [-0.2, 0) is 0 Å². The molecule has 132 valence electrons. The van der Waals surface area contributed by atoms with Gasteiger partial charge in [0, 0.05) is 11.3 Å². The Morgan fingerprint density at radius 1 is 0.654 bits per heavy atom. The summed E-state index contributed by atoms with van der Waals surface area (Å²) in [6.07, 6.45) is 0. The zero-order valence-corrected chi connectivity index (χ0v) is 14.5. The predicted molar refractivity (Wildman–Crippen MR) is 105 cm³/mol. The number of hydrogen-bond donors (Lipinski definition) is 3. The van der Waals surface area contributed by atoms with Crippen LogP contribution >= 0.6 is 0 Å². The van der Waals surface area contributed by atoms with Gasteiger partial charge >= 0.3 is 0 Å². The molecule has 0 unspecified atom stereocenters. The summed E-state index contributed by atoms with van der Waals surface area (Å²) in [5, 5.41) is 5.62. The largest absolute Gasteiger partial charge is 0.333 e. The van der Waals surface area contributed by atoms with Gasteiger partial charge in [-0.15, -0.1) is 0 Å². The Balaban J connectivity index is 0.00000117. The Labute approximate surface area is 152 Å². The number of anilines is 2. The summed E-state index contributed by atoms with van der Waals surface area (Å²) in [6, 6.07) is 25.0. The van der Waals surface area contributed by atoms with E-state index in [2.05, 4.69) is 16.4 Å². The summed E-state index contributed by atoms with van der Waals surface area (Å²) in [7, 11) is 1.50. The number of hydrogen-bond acceptors (Lipinski definition) is 3. The molecule has 0 saturated carbocycles. The molecule has 0 aliphatic heterocycles. The van der Waals surface area contributed by atoms with Crippen molar-refractivity contribution in [3.63, 3.8) is 0 Å². The molecule has 0 bridgehead atoms. The van der Waals surface area contributed by atoms with Gasteiger partial charge in [0.1, 0.15) is 0 Å². The highest BCUT2D eigenvalue weighted by Crippen LogP contribution is 2.18. The van der Waals surface area contributed by atoms with Crippen LogP contribution in [0.5, 0.6) is 0 Å². The van der Waals surface area contributed by atoms with Gasteiger partial charge in [-0.05, 0) is 43.4 Å². The molecule has 3 aromatic rings. The number of amides is 2. The standard InChI is InChI=1S/C20H16N2O2.CH5N/c23-19(15-9-3-1-4-10-15)22-18-14-8-7-13-17(18)20(24)21-16-11-5-2-6-12-16;1-2/h1-14H,(H,21,24)(H,22,23);2H2,1H3. The first-order valence-corrected chi connectivity index (χ1v) is 8.13. The molecule has 0 aliphatic carbocycles. The van der Waals surface area contributed by atoms with Crippen LogP contribution < -0.4 is 16.4 Å². The molecule has 5 heteroatoms. The minimum atomic E-state index is -0.273. The summed E-state index contributed by atoms with van der Waals surface area (Å²) in [5.41, 5.74) is 6.62. The summed E-state index contributed by atoms with van der Waals surface area (Å²) in [6.45, 7) is 0. The highest BCUT2D eigenvalue weighted by molar-refractivity contribution is 6.12. The van der Waals surface area contributed by atoms with Gasteiger partial charge < -0.3 is 16.4 Å². The van der Waals surface area contributed by atoms with Crippen molar-refractivity contribution in [3.8, 4) is 0 Å². The summed E-state index contributed by atoms with van der Waals surface area (Å²) >= 11 is 0. The molecule has 0 aromatic heterocycles. The van der Waals surface area contributed by atoms with Crippen LogP contribution in [0, 0.1) is 0 Å². The SMILES string of the molecule is CN.O=C(Nc1ccccc1C(=O)Nc1ccccc1)c1ccccc1. The average molecular weight is 347 g/mol. The number of benzene rings is 3. The monoisotopic (exact) mass is 347 g/mol. The second kappa shape index (κ2) is 9.76. The second-order valence-corrected chi connectivity index (χ2v) is 5.19. The zero-order valence-electron chi connectivity index (χ0n) is 14.5. The first-order valence-electron chi connectivity index (χ1n) is 8.13. The Morgan fingerprint density at radius 3 is 1.85 bits per heavy atom. The van der Waals surface area contributed by atoms with E-state index >= 15 is 0 Å². The maximum Gasteiger partial charge on any atom is 0.257 e. The molecule has 0 aliphatic rings. The fraction of sp³-hybridized carbons (Fsp3) is 0.0476. The third-order valence-electron chi connectivity index (χ3n) is 3.49. The molecule has 0 radical (unpaired) electrons. The minimum Gasteiger partial charge on any atom is -0.333 e. The second-order valence-electron chi connectivity index (χ2n) is 5.19. The molecule has 0 saturated heterocycles. The molecule has 26 heavy (non-hydrogen) atoms. The Bertz CT molecular complexity index is 849. The van der Waals surface area contributed by atoms with Crippen LogP contribution in [0.3, 0.4) is 0 Å². The Hall–Kier alpha value is -3.44. The van der Waals surface area contributed by atoms with Gasteiger partial charge in [-0.25, -0.2) is 0 Å². The summed E-state index contributed by atoms with van der Waals surface area (Å²) in [5.74, 6) is -0.527. The highest BCUT2D eigenvalue weighted by atomic mass is 16.2. The van der Waals surface area contributed by atoms with E-state index in [9.17, 15) is 9.59 Å². The van der Waals surface area contributed by atoms with E-state index in [-0.39, 0.29) is 11.8 Å². The fourth-order valence-corrected chi connectivity index (χ4v) is 2.29. The normalized spacial score (nSPS) is 9.46. The van der Waals surface area contributed by atoms with Gasteiger partial charge in [-0.3, -0.25) is 9.59 Å². The predicted octanol–water partition coefficient (Wildman–Crippen LogP) is 3.77. The van der Waals surface area contributed by atoms with Gasteiger partial charge in [-0.2, -0.15) is 0 Å². The lowest BCUT2D eigenvalue weighted by atomic mass is 10.1. The third kappa shape index (κ3) is 5.03. The van der Waals surface area contributed by atoms with Crippen molar-refractivity contribution >= 4 is 23.2 Å². The first-order chi connectivity index (χ1) is 12.7. The average Bonchev–Trinajstić information content (AvgIpc) is 2.71. The van der Waals surface area contributed by atoms with E-state index < -0.39 is 0 Å².